The molecule has 22 heavy (non-hydrogen) atoms. The van der Waals surface area contributed by atoms with Crippen molar-refractivity contribution in [3.8, 4) is 11.5 Å². The number of ketones is 1. The van der Waals surface area contributed by atoms with E-state index < -0.39 is 0 Å². The molecule has 1 aliphatic carbocycles. The molecule has 0 heterocycles. The van der Waals surface area contributed by atoms with E-state index in [9.17, 15) is 9.59 Å². The molecule has 0 bridgehead atoms. The first-order chi connectivity index (χ1) is 10.5. The fourth-order valence-corrected chi connectivity index (χ4v) is 2.93. The number of ether oxygens (including phenoxy) is 3. The van der Waals surface area contributed by atoms with Crippen LogP contribution in [0.15, 0.2) is 18.2 Å². The molecule has 0 unspecified atom stereocenters. The van der Waals surface area contributed by atoms with E-state index in [0.717, 1.165) is 5.56 Å². The number of carbonyl (C=O) groups is 2. The summed E-state index contributed by atoms with van der Waals surface area (Å²) in [6.07, 6.45) is 2.37. The van der Waals surface area contributed by atoms with Gasteiger partial charge in [-0.05, 0) is 30.5 Å². The highest BCUT2D eigenvalue weighted by molar-refractivity contribution is 5.79. The van der Waals surface area contributed by atoms with Gasteiger partial charge in [0.1, 0.15) is 12.4 Å². The summed E-state index contributed by atoms with van der Waals surface area (Å²) in [6, 6.07) is 5.72. The first kappa shape index (κ1) is 16.3. The SMILES string of the molecule is COc1ccc(C2(COC(C)=O)CCC(=O)CC2)cc1OC. The van der Waals surface area contributed by atoms with Crippen LogP contribution in [-0.2, 0) is 19.7 Å². The maximum Gasteiger partial charge on any atom is 0.302 e. The van der Waals surface area contributed by atoms with Crippen LogP contribution in [0.1, 0.15) is 38.2 Å². The molecule has 0 aromatic heterocycles. The van der Waals surface area contributed by atoms with Crippen molar-refractivity contribution in [2.45, 2.75) is 38.0 Å². The lowest BCUT2D eigenvalue weighted by molar-refractivity contribution is -0.143. The molecule has 1 aromatic rings. The molecule has 0 N–H and O–H groups in total. The summed E-state index contributed by atoms with van der Waals surface area (Å²) >= 11 is 0. The average Bonchev–Trinajstić information content (AvgIpc) is 2.54. The van der Waals surface area contributed by atoms with Gasteiger partial charge in [0.05, 0.1) is 14.2 Å². The summed E-state index contributed by atoms with van der Waals surface area (Å²) in [7, 11) is 3.18. The Hall–Kier alpha value is -2.04. The van der Waals surface area contributed by atoms with Gasteiger partial charge in [0.2, 0.25) is 0 Å². The summed E-state index contributed by atoms with van der Waals surface area (Å²) < 4.78 is 15.9. The van der Waals surface area contributed by atoms with E-state index in [4.69, 9.17) is 14.2 Å². The lowest BCUT2D eigenvalue weighted by atomic mass is 9.69. The fourth-order valence-electron chi connectivity index (χ4n) is 2.93. The van der Waals surface area contributed by atoms with Crippen LogP contribution >= 0.6 is 0 Å². The van der Waals surface area contributed by atoms with Gasteiger partial charge in [-0.1, -0.05) is 6.07 Å². The van der Waals surface area contributed by atoms with Gasteiger partial charge < -0.3 is 14.2 Å². The van der Waals surface area contributed by atoms with Gasteiger partial charge in [0, 0.05) is 25.2 Å². The third kappa shape index (κ3) is 3.40. The minimum atomic E-state index is -0.334. The molecular formula is C17H22O5. The Kier molecular flexibility index (Phi) is 5.06. The van der Waals surface area contributed by atoms with Crippen LogP contribution in [0.25, 0.3) is 0 Å². The van der Waals surface area contributed by atoms with E-state index in [1.165, 1.54) is 6.92 Å². The van der Waals surface area contributed by atoms with E-state index in [-0.39, 0.29) is 23.8 Å². The highest BCUT2D eigenvalue weighted by Gasteiger charge is 2.38. The van der Waals surface area contributed by atoms with Crippen LogP contribution in [0.2, 0.25) is 0 Å². The Morgan fingerprint density at radius 3 is 2.32 bits per heavy atom. The van der Waals surface area contributed by atoms with Crippen molar-refractivity contribution in [3.05, 3.63) is 23.8 Å². The molecule has 120 valence electrons. The highest BCUT2D eigenvalue weighted by Crippen LogP contribution is 2.41. The smallest absolute Gasteiger partial charge is 0.302 e. The third-order valence-corrected chi connectivity index (χ3v) is 4.31. The second-order valence-electron chi connectivity index (χ2n) is 5.67. The third-order valence-electron chi connectivity index (χ3n) is 4.31. The Morgan fingerprint density at radius 2 is 1.77 bits per heavy atom. The van der Waals surface area contributed by atoms with Crippen LogP contribution in [0, 0.1) is 0 Å². The number of esters is 1. The topological polar surface area (TPSA) is 61.8 Å². The van der Waals surface area contributed by atoms with Crippen molar-refractivity contribution in [1.29, 1.82) is 0 Å². The van der Waals surface area contributed by atoms with Crippen molar-refractivity contribution < 1.29 is 23.8 Å². The quantitative estimate of drug-likeness (QED) is 0.783. The maximum absolute atomic E-state index is 11.6. The summed E-state index contributed by atoms with van der Waals surface area (Å²) in [5.41, 5.74) is 0.679. The molecule has 0 radical (unpaired) electrons. The normalized spacial score (nSPS) is 17.0. The van der Waals surface area contributed by atoms with Gasteiger partial charge >= 0.3 is 5.97 Å². The van der Waals surface area contributed by atoms with E-state index in [0.29, 0.717) is 37.2 Å². The largest absolute Gasteiger partial charge is 0.493 e. The van der Waals surface area contributed by atoms with Crippen molar-refractivity contribution in [3.63, 3.8) is 0 Å². The molecule has 1 fully saturated rings. The van der Waals surface area contributed by atoms with Gasteiger partial charge in [-0.2, -0.15) is 0 Å². The number of methoxy groups -OCH3 is 2. The summed E-state index contributed by atoms with van der Waals surface area (Å²) in [5.74, 6) is 1.25. The molecule has 1 aliphatic rings. The van der Waals surface area contributed by atoms with E-state index >= 15 is 0 Å². The molecule has 0 atom stereocenters. The van der Waals surface area contributed by atoms with Gasteiger partial charge in [0.15, 0.2) is 11.5 Å². The molecule has 1 saturated carbocycles. The number of Topliss-reactive ketones (excluding diaryl/α,β-unsaturated/α-hetero) is 1. The molecule has 5 heteroatoms. The van der Waals surface area contributed by atoms with Crippen molar-refractivity contribution >= 4 is 11.8 Å². The van der Waals surface area contributed by atoms with Crippen LogP contribution in [0.4, 0.5) is 0 Å². The Labute approximate surface area is 130 Å². The zero-order valence-electron chi connectivity index (χ0n) is 13.3. The second kappa shape index (κ2) is 6.81. The lowest BCUT2D eigenvalue weighted by Crippen LogP contribution is -2.37. The minimum absolute atomic E-state index is 0.263. The molecule has 2 rings (SSSR count). The molecule has 0 amide bonds. The molecule has 5 nitrogen and oxygen atoms in total. The Balaban J connectivity index is 2.35. The Morgan fingerprint density at radius 1 is 1.14 bits per heavy atom. The summed E-state index contributed by atoms with van der Waals surface area (Å²) in [4.78, 5) is 22.8. The van der Waals surface area contributed by atoms with Crippen molar-refractivity contribution in [1.82, 2.24) is 0 Å². The predicted molar refractivity (Wildman–Crippen MR) is 81.3 cm³/mol. The first-order valence-corrected chi connectivity index (χ1v) is 7.38. The fraction of sp³-hybridized carbons (Fsp3) is 0.529. The van der Waals surface area contributed by atoms with Crippen LogP contribution in [0.3, 0.4) is 0 Å². The van der Waals surface area contributed by atoms with Crippen LogP contribution in [0.5, 0.6) is 11.5 Å². The number of rotatable bonds is 5. The van der Waals surface area contributed by atoms with E-state index in [1.54, 1.807) is 14.2 Å². The van der Waals surface area contributed by atoms with Gasteiger partial charge in [-0.3, -0.25) is 9.59 Å². The summed E-state index contributed by atoms with van der Waals surface area (Å²) in [5, 5.41) is 0. The minimum Gasteiger partial charge on any atom is -0.493 e. The number of benzene rings is 1. The average molecular weight is 306 g/mol. The monoisotopic (exact) mass is 306 g/mol. The molecular weight excluding hydrogens is 284 g/mol. The van der Waals surface area contributed by atoms with Crippen molar-refractivity contribution in [2.75, 3.05) is 20.8 Å². The zero-order chi connectivity index (χ0) is 16.2. The number of carbonyl (C=O) groups excluding carboxylic acids is 2. The van der Waals surface area contributed by atoms with E-state index in [2.05, 4.69) is 0 Å². The van der Waals surface area contributed by atoms with Crippen LogP contribution in [-0.4, -0.2) is 32.6 Å². The number of hydrogen-bond acceptors (Lipinski definition) is 5. The van der Waals surface area contributed by atoms with Gasteiger partial charge in [-0.15, -0.1) is 0 Å². The molecule has 0 spiro atoms. The highest BCUT2D eigenvalue weighted by atomic mass is 16.5. The van der Waals surface area contributed by atoms with E-state index in [1.807, 2.05) is 18.2 Å². The Bertz CT molecular complexity index is 554. The van der Waals surface area contributed by atoms with Crippen molar-refractivity contribution in [2.24, 2.45) is 0 Å². The number of hydrogen-bond donors (Lipinski definition) is 0. The van der Waals surface area contributed by atoms with Gasteiger partial charge in [-0.25, -0.2) is 0 Å². The maximum atomic E-state index is 11.6. The second-order valence-corrected chi connectivity index (χ2v) is 5.67. The summed E-state index contributed by atoms with van der Waals surface area (Å²) in [6.45, 7) is 1.68. The van der Waals surface area contributed by atoms with Gasteiger partial charge in [0.25, 0.3) is 0 Å². The van der Waals surface area contributed by atoms with Crippen LogP contribution < -0.4 is 9.47 Å². The molecule has 0 saturated heterocycles. The molecule has 0 aliphatic heterocycles. The first-order valence-electron chi connectivity index (χ1n) is 7.38. The zero-order valence-corrected chi connectivity index (χ0v) is 13.3. The molecule has 1 aromatic carbocycles. The predicted octanol–water partition coefficient (Wildman–Crippen LogP) is 2.65. The standard InChI is InChI=1S/C17H22O5/c1-12(18)22-11-17(8-6-14(19)7-9-17)13-4-5-15(20-2)16(10-13)21-3/h4-5,10H,6-9,11H2,1-3H3. The lowest BCUT2D eigenvalue weighted by Gasteiger charge is -2.36.